The lowest BCUT2D eigenvalue weighted by molar-refractivity contribution is -0.117. The average molecular weight is 244 g/mol. The van der Waals surface area contributed by atoms with E-state index in [-0.39, 0.29) is 17.6 Å². The number of Topliss-reactive ketones (excluding diaryl/α,β-unsaturated/α-hetero) is 1. The van der Waals surface area contributed by atoms with Gasteiger partial charge in [-0.1, -0.05) is 6.07 Å². The van der Waals surface area contributed by atoms with Crippen molar-refractivity contribution in [1.82, 2.24) is 0 Å². The first kappa shape index (κ1) is 11.4. The Labute approximate surface area is 106 Å². The second kappa shape index (κ2) is 4.21. The number of hydrogen-bond donors (Lipinski definition) is 1. The van der Waals surface area contributed by atoms with Crippen LogP contribution in [0, 0.1) is 5.92 Å². The third-order valence-electron chi connectivity index (χ3n) is 3.87. The van der Waals surface area contributed by atoms with Crippen molar-refractivity contribution in [3.8, 4) is 0 Å². The maximum absolute atomic E-state index is 11.9. The van der Waals surface area contributed by atoms with Crippen LogP contribution in [-0.4, -0.2) is 24.8 Å². The van der Waals surface area contributed by atoms with Crippen LogP contribution in [0.5, 0.6) is 0 Å². The van der Waals surface area contributed by atoms with Crippen LogP contribution < -0.4 is 10.6 Å². The highest BCUT2D eigenvalue weighted by Crippen LogP contribution is 2.30. The molecule has 4 nitrogen and oxygen atoms in total. The van der Waals surface area contributed by atoms with Gasteiger partial charge in [0.1, 0.15) is 0 Å². The summed E-state index contributed by atoms with van der Waals surface area (Å²) in [6.07, 6.45) is 1.94. The molecule has 0 spiro atoms. The van der Waals surface area contributed by atoms with Gasteiger partial charge in [-0.3, -0.25) is 9.59 Å². The van der Waals surface area contributed by atoms with Crippen molar-refractivity contribution in [3.05, 3.63) is 29.3 Å². The van der Waals surface area contributed by atoms with Crippen LogP contribution in [0.1, 0.15) is 28.8 Å². The van der Waals surface area contributed by atoms with Crippen molar-refractivity contribution < 1.29 is 9.59 Å². The predicted octanol–water partition coefficient (Wildman–Crippen LogP) is 1.13. The van der Waals surface area contributed by atoms with E-state index in [1.165, 1.54) is 0 Å². The molecule has 0 aromatic heterocycles. The Kier molecular flexibility index (Phi) is 2.67. The minimum Gasteiger partial charge on any atom is -0.330 e. The van der Waals surface area contributed by atoms with Crippen LogP contribution in [0.3, 0.4) is 0 Å². The molecule has 1 aliphatic carbocycles. The standard InChI is InChI=1S/C14H16N2O2/c15-7-9-5-14(18)16(8-9)11-3-1-10-2-4-13(17)12(10)6-11/h1,3,6,9H,2,4-5,7-8,15H2. The normalized spacial score (nSPS) is 22.7. The minimum atomic E-state index is 0.107. The van der Waals surface area contributed by atoms with Crippen molar-refractivity contribution in [2.45, 2.75) is 19.3 Å². The molecule has 4 heteroatoms. The Morgan fingerprint density at radius 3 is 2.83 bits per heavy atom. The van der Waals surface area contributed by atoms with Crippen LogP contribution >= 0.6 is 0 Å². The second-order valence-corrected chi connectivity index (χ2v) is 5.07. The van der Waals surface area contributed by atoms with E-state index < -0.39 is 0 Å². The van der Waals surface area contributed by atoms with Crippen molar-refractivity contribution in [2.24, 2.45) is 11.7 Å². The van der Waals surface area contributed by atoms with Gasteiger partial charge in [0.2, 0.25) is 5.91 Å². The number of anilines is 1. The largest absolute Gasteiger partial charge is 0.330 e. The van der Waals surface area contributed by atoms with Crippen LogP contribution in [0.4, 0.5) is 5.69 Å². The Hall–Kier alpha value is -1.68. The zero-order chi connectivity index (χ0) is 12.7. The molecule has 18 heavy (non-hydrogen) atoms. The maximum Gasteiger partial charge on any atom is 0.227 e. The van der Waals surface area contributed by atoms with Crippen LogP contribution in [0.25, 0.3) is 0 Å². The van der Waals surface area contributed by atoms with Gasteiger partial charge in [-0.05, 0) is 36.6 Å². The number of benzene rings is 1. The first-order valence-corrected chi connectivity index (χ1v) is 6.35. The van der Waals surface area contributed by atoms with Gasteiger partial charge in [-0.2, -0.15) is 0 Å². The monoisotopic (exact) mass is 244 g/mol. The molecule has 1 fully saturated rings. The first-order valence-electron chi connectivity index (χ1n) is 6.35. The third kappa shape index (κ3) is 1.73. The Morgan fingerprint density at radius 1 is 1.28 bits per heavy atom. The van der Waals surface area contributed by atoms with Gasteiger partial charge in [0.15, 0.2) is 5.78 Å². The summed E-state index contributed by atoms with van der Waals surface area (Å²) in [5.74, 6) is 0.533. The molecule has 0 radical (unpaired) electrons. The molecule has 1 aromatic rings. The van der Waals surface area contributed by atoms with Gasteiger partial charge in [0, 0.05) is 30.6 Å². The molecule has 1 atom stereocenters. The van der Waals surface area contributed by atoms with E-state index in [0.29, 0.717) is 25.9 Å². The smallest absolute Gasteiger partial charge is 0.227 e. The lowest BCUT2D eigenvalue weighted by atomic mass is 10.1. The van der Waals surface area contributed by atoms with Gasteiger partial charge >= 0.3 is 0 Å². The van der Waals surface area contributed by atoms with Crippen LogP contribution in [0.2, 0.25) is 0 Å². The van der Waals surface area contributed by atoms with Crippen molar-refractivity contribution >= 4 is 17.4 Å². The van der Waals surface area contributed by atoms with Crippen molar-refractivity contribution in [2.75, 3.05) is 18.0 Å². The molecule has 1 saturated heterocycles. The van der Waals surface area contributed by atoms with Gasteiger partial charge < -0.3 is 10.6 Å². The molecule has 94 valence electrons. The zero-order valence-electron chi connectivity index (χ0n) is 10.2. The lowest BCUT2D eigenvalue weighted by Gasteiger charge is -2.17. The molecule has 2 aliphatic rings. The molecule has 2 N–H and O–H groups in total. The molecule has 1 aliphatic heterocycles. The summed E-state index contributed by atoms with van der Waals surface area (Å²) in [6.45, 7) is 1.20. The highest BCUT2D eigenvalue weighted by molar-refractivity contribution is 6.03. The fourth-order valence-corrected chi connectivity index (χ4v) is 2.78. The average Bonchev–Trinajstić information content (AvgIpc) is 2.93. The molecule has 1 amide bonds. The quantitative estimate of drug-likeness (QED) is 0.848. The zero-order valence-corrected chi connectivity index (χ0v) is 10.2. The number of aryl methyl sites for hydroxylation is 1. The Morgan fingerprint density at radius 2 is 2.11 bits per heavy atom. The summed E-state index contributed by atoms with van der Waals surface area (Å²) < 4.78 is 0. The molecule has 3 rings (SSSR count). The summed E-state index contributed by atoms with van der Waals surface area (Å²) in [5.41, 5.74) is 8.34. The van der Waals surface area contributed by atoms with E-state index in [2.05, 4.69) is 0 Å². The fourth-order valence-electron chi connectivity index (χ4n) is 2.78. The summed E-state index contributed by atoms with van der Waals surface area (Å²) in [6, 6.07) is 5.77. The molecular weight excluding hydrogens is 228 g/mol. The Balaban J connectivity index is 1.92. The number of rotatable bonds is 2. The molecular formula is C14H16N2O2. The molecule has 0 bridgehead atoms. The van der Waals surface area contributed by atoms with Crippen molar-refractivity contribution in [1.29, 1.82) is 0 Å². The van der Waals surface area contributed by atoms with Crippen molar-refractivity contribution in [3.63, 3.8) is 0 Å². The topological polar surface area (TPSA) is 63.4 Å². The second-order valence-electron chi connectivity index (χ2n) is 5.07. The maximum atomic E-state index is 11.9. The number of fused-ring (bicyclic) bond motifs is 1. The summed E-state index contributed by atoms with van der Waals surface area (Å²) in [4.78, 5) is 25.4. The SMILES string of the molecule is NCC1CC(=O)N(c2ccc3c(c2)C(=O)CC3)C1. The number of carbonyl (C=O) groups excluding carboxylic acids is 2. The summed E-state index contributed by atoms with van der Waals surface area (Å²) in [7, 11) is 0. The number of hydrogen-bond acceptors (Lipinski definition) is 3. The van der Waals surface area contributed by atoms with Gasteiger partial charge in [0.25, 0.3) is 0 Å². The predicted molar refractivity (Wildman–Crippen MR) is 68.6 cm³/mol. The number of nitrogens with zero attached hydrogens (tertiary/aromatic N) is 1. The van der Waals surface area contributed by atoms with Crippen LogP contribution in [0.15, 0.2) is 18.2 Å². The first-order chi connectivity index (χ1) is 8.69. The summed E-state index contributed by atoms with van der Waals surface area (Å²) in [5, 5.41) is 0. The van der Waals surface area contributed by atoms with Crippen LogP contribution in [-0.2, 0) is 11.2 Å². The number of carbonyl (C=O) groups is 2. The molecule has 1 aromatic carbocycles. The van der Waals surface area contributed by atoms with Gasteiger partial charge in [0.05, 0.1) is 0 Å². The minimum absolute atomic E-state index is 0.107. The number of nitrogens with two attached hydrogens (primary N) is 1. The number of ketones is 1. The highest BCUT2D eigenvalue weighted by Gasteiger charge is 2.30. The van der Waals surface area contributed by atoms with E-state index in [9.17, 15) is 9.59 Å². The molecule has 1 unspecified atom stereocenters. The van der Waals surface area contributed by atoms with E-state index in [0.717, 1.165) is 23.2 Å². The van der Waals surface area contributed by atoms with E-state index in [1.54, 1.807) is 4.90 Å². The fraction of sp³-hybridized carbons (Fsp3) is 0.429. The number of amides is 1. The lowest BCUT2D eigenvalue weighted by Crippen LogP contribution is -2.25. The summed E-state index contributed by atoms with van der Waals surface area (Å²) >= 11 is 0. The van der Waals surface area contributed by atoms with E-state index in [1.807, 2.05) is 18.2 Å². The third-order valence-corrected chi connectivity index (χ3v) is 3.87. The highest BCUT2D eigenvalue weighted by atomic mass is 16.2. The Bertz CT molecular complexity index is 525. The van der Waals surface area contributed by atoms with E-state index in [4.69, 9.17) is 5.73 Å². The van der Waals surface area contributed by atoms with E-state index >= 15 is 0 Å². The molecule has 1 heterocycles. The van der Waals surface area contributed by atoms with Gasteiger partial charge in [-0.25, -0.2) is 0 Å². The molecule has 0 saturated carbocycles. The van der Waals surface area contributed by atoms with Gasteiger partial charge in [-0.15, -0.1) is 0 Å².